The van der Waals surface area contributed by atoms with E-state index in [9.17, 15) is 19.5 Å². The molecular weight excluding hydrogens is 479 g/mol. The standard InChI is InChI=1S/C12H22O2.C11H18N2O3.C6H6.Na/c1-2-3-5-10-12(13)14-11-8-6-4-7-9-11;1-4-6-7(3)11(5-2)8(14)12-10(16)13-9(11)15;1-2-4-6-5-3-1;/h11H,2-10H2,1H3;7H,4-6H2,1-3H3,(H2,12,13,14,15,16);1-6H;/q;;;+1/p-1. The van der Waals surface area contributed by atoms with Gasteiger partial charge in [-0.3, -0.25) is 14.4 Å². The van der Waals surface area contributed by atoms with E-state index in [1.165, 1.54) is 19.3 Å². The number of rotatable bonds is 9. The first kappa shape index (κ1) is 35.3. The third-order valence-electron chi connectivity index (χ3n) is 6.83. The number of ether oxygens (including phenoxy) is 1. The number of carbonyl (C=O) groups is 3. The van der Waals surface area contributed by atoms with Crippen molar-refractivity contribution in [2.45, 2.75) is 111 Å². The Labute approximate surface area is 245 Å². The molecular formula is C29H45N2NaO5. The zero-order chi connectivity index (χ0) is 26.8. The minimum absolute atomic E-state index is 0. The van der Waals surface area contributed by atoms with Crippen molar-refractivity contribution < 1.29 is 53.8 Å². The molecule has 7 nitrogen and oxygen atoms in total. The third kappa shape index (κ3) is 12.6. The summed E-state index contributed by atoms with van der Waals surface area (Å²) in [4.78, 5) is 38.4. The Kier molecular flexibility index (Phi) is 19.4. The van der Waals surface area contributed by atoms with Gasteiger partial charge in [-0.15, -0.1) is 0 Å². The normalized spacial score (nSPS) is 19.9. The maximum absolute atomic E-state index is 11.9. The first-order valence-electron chi connectivity index (χ1n) is 13.6. The fraction of sp³-hybridized carbons (Fsp3) is 0.655. The molecule has 202 valence electrons. The van der Waals surface area contributed by atoms with Gasteiger partial charge < -0.3 is 15.2 Å². The van der Waals surface area contributed by atoms with Crippen LogP contribution in [-0.4, -0.2) is 29.9 Å². The zero-order valence-corrected chi connectivity index (χ0v) is 25.6. The quantitative estimate of drug-likeness (QED) is 0.231. The van der Waals surface area contributed by atoms with Gasteiger partial charge in [0, 0.05) is 6.42 Å². The molecule has 0 bridgehead atoms. The molecule has 0 spiro atoms. The molecule has 0 aromatic heterocycles. The summed E-state index contributed by atoms with van der Waals surface area (Å²) in [5.74, 6) is -1.18. The summed E-state index contributed by atoms with van der Waals surface area (Å²) in [5.41, 5.74) is -1.15. The number of aliphatic imine (C=N–C) groups is 1. The molecule has 8 heteroatoms. The van der Waals surface area contributed by atoms with Crippen molar-refractivity contribution in [1.82, 2.24) is 5.32 Å². The van der Waals surface area contributed by atoms with E-state index in [1.54, 1.807) is 6.92 Å². The monoisotopic (exact) mass is 524 g/mol. The molecule has 1 aromatic carbocycles. The smallest absolute Gasteiger partial charge is 0.846 e. The van der Waals surface area contributed by atoms with Gasteiger partial charge in [0.2, 0.25) is 5.91 Å². The first-order chi connectivity index (χ1) is 17.3. The molecule has 1 N–H and O–H groups in total. The van der Waals surface area contributed by atoms with Crippen molar-refractivity contribution in [3.8, 4) is 0 Å². The topological polar surface area (TPSA) is 108 Å². The summed E-state index contributed by atoms with van der Waals surface area (Å²) in [6, 6.07) is 11.2. The number of hydrogen-bond acceptors (Lipinski definition) is 5. The van der Waals surface area contributed by atoms with E-state index in [0.717, 1.165) is 44.9 Å². The van der Waals surface area contributed by atoms with Gasteiger partial charge in [-0.05, 0) is 50.9 Å². The van der Waals surface area contributed by atoms with E-state index in [-0.39, 0.29) is 47.5 Å². The average Bonchev–Trinajstić information content (AvgIpc) is 2.87. The second-order valence-corrected chi connectivity index (χ2v) is 9.55. The minimum atomic E-state index is -1.15. The molecule has 1 fully saturated rings. The van der Waals surface area contributed by atoms with Crippen LogP contribution in [0.25, 0.3) is 0 Å². The number of nitrogens with one attached hydrogen (secondary N) is 1. The fourth-order valence-corrected chi connectivity index (χ4v) is 4.63. The Morgan fingerprint density at radius 1 is 1.03 bits per heavy atom. The third-order valence-corrected chi connectivity index (χ3v) is 6.83. The van der Waals surface area contributed by atoms with Crippen molar-refractivity contribution in [1.29, 1.82) is 0 Å². The van der Waals surface area contributed by atoms with Gasteiger partial charge in [0.05, 0.1) is 6.02 Å². The van der Waals surface area contributed by atoms with Crippen molar-refractivity contribution >= 4 is 23.8 Å². The second kappa shape index (κ2) is 20.3. The van der Waals surface area contributed by atoms with Gasteiger partial charge in [-0.2, -0.15) is 0 Å². The van der Waals surface area contributed by atoms with Crippen molar-refractivity contribution in [3.63, 3.8) is 0 Å². The number of benzene rings is 1. The number of amides is 2. The molecule has 2 aliphatic rings. The molecule has 0 radical (unpaired) electrons. The molecule has 1 aliphatic carbocycles. The zero-order valence-electron chi connectivity index (χ0n) is 23.6. The molecule has 1 heterocycles. The number of nitrogens with zero attached hydrogens (tertiary/aromatic N) is 1. The van der Waals surface area contributed by atoms with Crippen LogP contribution in [0, 0.1) is 11.3 Å². The summed E-state index contributed by atoms with van der Waals surface area (Å²) in [7, 11) is 0. The van der Waals surface area contributed by atoms with Gasteiger partial charge in [-0.25, -0.2) is 4.99 Å². The largest absolute Gasteiger partial charge is 1.00 e. The predicted molar refractivity (Wildman–Crippen MR) is 141 cm³/mol. The Morgan fingerprint density at radius 3 is 2.05 bits per heavy atom. The first-order valence-corrected chi connectivity index (χ1v) is 13.6. The van der Waals surface area contributed by atoms with Crippen LogP contribution >= 0.6 is 0 Å². The Hall–Kier alpha value is -1.70. The van der Waals surface area contributed by atoms with E-state index >= 15 is 0 Å². The molecule has 1 aromatic rings. The van der Waals surface area contributed by atoms with Crippen molar-refractivity contribution in [3.05, 3.63) is 36.4 Å². The van der Waals surface area contributed by atoms with Gasteiger partial charge in [0.1, 0.15) is 11.5 Å². The number of hydrogen-bond donors (Lipinski definition) is 1. The minimum Gasteiger partial charge on any atom is -0.846 e. The Balaban J connectivity index is 0.000000563. The number of unbranched alkanes of at least 4 members (excludes halogenated alkanes) is 2. The van der Waals surface area contributed by atoms with Gasteiger partial charge in [-0.1, -0.05) is 89.8 Å². The van der Waals surface area contributed by atoms with Crippen LogP contribution in [0.4, 0.5) is 0 Å². The van der Waals surface area contributed by atoms with Crippen LogP contribution < -0.4 is 40.0 Å². The molecule has 2 amide bonds. The van der Waals surface area contributed by atoms with Crippen LogP contribution in [0.3, 0.4) is 0 Å². The van der Waals surface area contributed by atoms with E-state index in [2.05, 4.69) is 17.2 Å². The summed E-state index contributed by atoms with van der Waals surface area (Å²) >= 11 is 0. The molecule has 0 saturated heterocycles. The van der Waals surface area contributed by atoms with Crippen LogP contribution in [0.1, 0.15) is 105 Å². The molecule has 3 rings (SSSR count). The maximum Gasteiger partial charge on any atom is 1.00 e. The van der Waals surface area contributed by atoms with Crippen molar-refractivity contribution in [2.75, 3.05) is 0 Å². The van der Waals surface area contributed by atoms with E-state index in [0.29, 0.717) is 12.8 Å². The van der Waals surface area contributed by atoms with E-state index in [4.69, 9.17) is 4.74 Å². The molecule has 1 aliphatic heterocycles. The molecule has 2 unspecified atom stereocenters. The summed E-state index contributed by atoms with van der Waals surface area (Å²) in [6.45, 7) is 7.77. The van der Waals surface area contributed by atoms with E-state index in [1.807, 2.05) is 50.2 Å². The number of amidine groups is 1. The Morgan fingerprint density at radius 2 is 1.59 bits per heavy atom. The summed E-state index contributed by atoms with van der Waals surface area (Å²) in [6.07, 6.45) is 12.1. The average molecular weight is 525 g/mol. The predicted octanol–water partition coefficient (Wildman–Crippen LogP) is 2.32. The van der Waals surface area contributed by atoms with Gasteiger partial charge in [0.25, 0.3) is 5.91 Å². The van der Waals surface area contributed by atoms with Crippen LogP contribution in [-0.2, 0) is 19.1 Å². The number of carbonyl (C=O) groups excluding carboxylic acids is 3. The van der Waals surface area contributed by atoms with E-state index < -0.39 is 23.3 Å². The molecule has 37 heavy (non-hydrogen) atoms. The summed E-state index contributed by atoms with van der Waals surface area (Å²) in [5, 5.41) is 13.1. The van der Waals surface area contributed by atoms with Crippen LogP contribution in [0.5, 0.6) is 0 Å². The van der Waals surface area contributed by atoms with Crippen LogP contribution in [0.15, 0.2) is 41.4 Å². The van der Waals surface area contributed by atoms with Crippen LogP contribution in [0.2, 0.25) is 0 Å². The van der Waals surface area contributed by atoms with Crippen molar-refractivity contribution in [2.24, 2.45) is 16.3 Å². The van der Waals surface area contributed by atoms with Gasteiger partial charge >= 0.3 is 35.5 Å². The van der Waals surface area contributed by atoms with Gasteiger partial charge in [0.15, 0.2) is 0 Å². The fourth-order valence-electron chi connectivity index (χ4n) is 4.63. The maximum atomic E-state index is 11.9. The SMILES string of the molecule is CCCC(C)C1(CC)C(=O)N=C([O-])NC1=O.CCCCCC(=O)OC1CCCCC1.[Na+].c1ccccc1. The molecule has 2 atom stereocenters. The number of esters is 1. The Bertz CT molecular complexity index is 785. The molecule has 1 saturated carbocycles. The summed E-state index contributed by atoms with van der Waals surface area (Å²) < 4.78 is 5.40. The second-order valence-electron chi connectivity index (χ2n) is 9.55.